The van der Waals surface area contributed by atoms with Crippen LogP contribution in [0, 0.1) is 0 Å². The maximum absolute atomic E-state index is 12.8. The van der Waals surface area contributed by atoms with Crippen molar-refractivity contribution in [1.29, 1.82) is 0 Å². The second-order valence-corrected chi connectivity index (χ2v) is 8.24. The van der Waals surface area contributed by atoms with Gasteiger partial charge in [-0.15, -0.1) is 0 Å². The summed E-state index contributed by atoms with van der Waals surface area (Å²) in [5, 5.41) is 9.65. The summed E-state index contributed by atoms with van der Waals surface area (Å²) in [7, 11) is 0. The summed E-state index contributed by atoms with van der Waals surface area (Å²) < 4.78 is 1.21. The van der Waals surface area contributed by atoms with E-state index < -0.39 is 12.0 Å². The highest BCUT2D eigenvalue weighted by Crippen LogP contribution is 2.34. The lowest BCUT2D eigenvalue weighted by molar-refractivity contribution is -0.145. The third-order valence-electron chi connectivity index (χ3n) is 3.86. The molecule has 0 bridgehead atoms. The minimum absolute atomic E-state index is 0.203. The molecule has 1 atom stereocenters. The first kappa shape index (κ1) is 18.8. The second kappa shape index (κ2) is 8.16. The number of thiocarbonyl (C=S) groups is 1. The fraction of sp³-hybridized carbons (Fsp3) is 0.105. The third kappa shape index (κ3) is 4.23. The number of aliphatic carboxylic acids is 1. The molecule has 1 fully saturated rings. The Labute approximate surface area is 169 Å². The lowest BCUT2D eigenvalue weighted by Gasteiger charge is -2.23. The topological polar surface area (TPSA) is 57.6 Å². The predicted octanol–water partition coefficient (Wildman–Crippen LogP) is 4.35. The molecule has 0 aromatic heterocycles. The van der Waals surface area contributed by atoms with E-state index in [1.54, 1.807) is 6.08 Å². The summed E-state index contributed by atoms with van der Waals surface area (Å²) in [6.07, 6.45) is 1.93. The SMILES string of the molecule is O=C(O)C(Cc1ccccc1)N1C(=O)/C(=C/c2ccc(Br)cc2)SC1=S. The zero-order valence-corrected chi connectivity index (χ0v) is 16.7. The molecule has 0 spiro atoms. The van der Waals surface area contributed by atoms with E-state index in [9.17, 15) is 14.7 Å². The number of rotatable bonds is 5. The quantitative estimate of drug-likeness (QED) is 0.545. The van der Waals surface area contributed by atoms with Gasteiger partial charge in [0.1, 0.15) is 10.4 Å². The van der Waals surface area contributed by atoms with E-state index in [1.165, 1.54) is 4.90 Å². The van der Waals surface area contributed by atoms with Gasteiger partial charge in [0, 0.05) is 10.9 Å². The number of hydrogen-bond acceptors (Lipinski definition) is 4. The van der Waals surface area contributed by atoms with Gasteiger partial charge in [0.15, 0.2) is 0 Å². The molecule has 1 amide bonds. The van der Waals surface area contributed by atoms with E-state index in [2.05, 4.69) is 15.9 Å². The third-order valence-corrected chi connectivity index (χ3v) is 5.72. The number of halogens is 1. The van der Waals surface area contributed by atoms with E-state index in [1.807, 2.05) is 54.6 Å². The van der Waals surface area contributed by atoms with Gasteiger partial charge in [-0.2, -0.15) is 0 Å². The summed E-state index contributed by atoms with van der Waals surface area (Å²) in [4.78, 5) is 26.2. The number of thioether (sulfide) groups is 1. The zero-order valence-electron chi connectivity index (χ0n) is 13.5. The number of amides is 1. The molecule has 132 valence electrons. The van der Waals surface area contributed by atoms with Gasteiger partial charge in [0.2, 0.25) is 0 Å². The average Bonchev–Trinajstić information content (AvgIpc) is 2.89. The molecule has 4 nitrogen and oxygen atoms in total. The molecule has 3 rings (SSSR count). The van der Waals surface area contributed by atoms with Crippen LogP contribution in [-0.2, 0) is 16.0 Å². The van der Waals surface area contributed by atoms with Crippen LogP contribution in [0.1, 0.15) is 11.1 Å². The maximum Gasteiger partial charge on any atom is 0.327 e. The number of carbonyl (C=O) groups excluding carboxylic acids is 1. The molecular weight excluding hydrogens is 434 g/mol. The van der Waals surface area contributed by atoms with Gasteiger partial charge in [0.05, 0.1) is 4.91 Å². The minimum atomic E-state index is -1.07. The molecule has 0 aliphatic carbocycles. The van der Waals surface area contributed by atoms with Crippen molar-refractivity contribution in [2.24, 2.45) is 0 Å². The molecular formula is C19H14BrNO3S2. The monoisotopic (exact) mass is 447 g/mol. The van der Waals surface area contributed by atoms with Crippen molar-refractivity contribution in [3.63, 3.8) is 0 Å². The van der Waals surface area contributed by atoms with Crippen molar-refractivity contribution in [1.82, 2.24) is 4.90 Å². The Bertz CT molecular complexity index is 881. The first-order valence-corrected chi connectivity index (χ1v) is 9.77. The van der Waals surface area contributed by atoms with Crippen molar-refractivity contribution in [2.45, 2.75) is 12.5 Å². The molecule has 1 unspecified atom stereocenters. The number of benzene rings is 2. The van der Waals surface area contributed by atoms with Crippen molar-refractivity contribution in [2.75, 3.05) is 0 Å². The molecule has 26 heavy (non-hydrogen) atoms. The average molecular weight is 448 g/mol. The van der Waals surface area contributed by atoms with E-state index in [0.717, 1.165) is 27.4 Å². The van der Waals surface area contributed by atoms with Gasteiger partial charge in [-0.05, 0) is 29.3 Å². The van der Waals surface area contributed by atoms with Crippen LogP contribution in [0.4, 0.5) is 0 Å². The first-order valence-electron chi connectivity index (χ1n) is 7.75. The Morgan fingerprint density at radius 2 is 1.85 bits per heavy atom. The molecule has 1 heterocycles. The molecule has 0 radical (unpaired) electrons. The van der Waals surface area contributed by atoms with Gasteiger partial charge in [-0.3, -0.25) is 9.69 Å². The summed E-state index contributed by atoms with van der Waals surface area (Å²) in [5.41, 5.74) is 1.69. The van der Waals surface area contributed by atoms with E-state index in [0.29, 0.717) is 4.91 Å². The van der Waals surface area contributed by atoms with Gasteiger partial charge in [-0.25, -0.2) is 4.79 Å². The normalized spacial score (nSPS) is 17.0. The van der Waals surface area contributed by atoms with Crippen molar-refractivity contribution in [3.05, 3.63) is 75.1 Å². The van der Waals surface area contributed by atoms with Gasteiger partial charge >= 0.3 is 5.97 Å². The van der Waals surface area contributed by atoms with Crippen LogP contribution in [0.3, 0.4) is 0 Å². The fourth-order valence-corrected chi connectivity index (χ4v) is 4.21. The highest BCUT2D eigenvalue weighted by molar-refractivity contribution is 9.10. The van der Waals surface area contributed by atoms with Crippen LogP contribution in [0.5, 0.6) is 0 Å². The Morgan fingerprint density at radius 1 is 1.19 bits per heavy atom. The molecule has 1 saturated heterocycles. The maximum atomic E-state index is 12.8. The van der Waals surface area contributed by atoms with Crippen molar-refractivity contribution >= 4 is 62.2 Å². The van der Waals surface area contributed by atoms with Crippen LogP contribution in [0.2, 0.25) is 0 Å². The Balaban J connectivity index is 1.86. The molecule has 0 saturated carbocycles. The number of carbonyl (C=O) groups is 2. The van der Waals surface area contributed by atoms with Crippen LogP contribution < -0.4 is 0 Å². The number of hydrogen-bond donors (Lipinski definition) is 1. The highest BCUT2D eigenvalue weighted by atomic mass is 79.9. The van der Waals surface area contributed by atoms with Crippen LogP contribution in [-0.4, -0.2) is 32.2 Å². The Hall–Kier alpha value is -1.96. The van der Waals surface area contributed by atoms with Crippen molar-refractivity contribution in [3.8, 4) is 0 Å². The standard InChI is InChI=1S/C19H14BrNO3S2/c20-14-8-6-13(7-9-14)11-16-17(22)21(19(25)26-16)15(18(23)24)10-12-4-2-1-3-5-12/h1-9,11,15H,10H2,(H,23,24)/b16-11-. The number of carboxylic acid groups (broad SMARTS) is 1. The Kier molecular flexibility index (Phi) is 5.90. The first-order chi connectivity index (χ1) is 12.5. The summed E-state index contributed by atoms with van der Waals surface area (Å²) in [5.74, 6) is -1.44. The lowest BCUT2D eigenvalue weighted by atomic mass is 10.0. The largest absolute Gasteiger partial charge is 0.480 e. The molecule has 7 heteroatoms. The fourth-order valence-electron chi connectivity index (χ4n) is 2.59. The van der Waals surface area contributed by atoms with Crippen LogP contribution >= 0.6 is 39.9 Å². The van der Waals surface area contributed by atoms with Gasteiger partial charge < -0.3 is 5.11 Å². The summed E-state index contributed by atoms with van der Waals surface area (Å²) in [6.45, 7) is 0. The predicted molar refractivity (Wildman–Crippen MR) is 111 cm³/mol. The van der Waals surface area contributed by atoms with Gasteiger partial charge in [0.25, 0.3) is 5.91 Å². The van der Waals surface area contributed by atoms with Crippen LogP contribution in [0.25, 0.3) is 6.08 Å². The highest BCUT2D eigenvalue weighted by Gasteiger charge is 2.40. The van der Waals surface area contributed by atoms with E-state index in [-0.39, 0.29) is 16.6 Å². The minimum Gasteiger partial charge on any atom is -0.480 e. The smallest absolute Gasteiger partial charge is 0.327 e. The van der Waals surface area contributed by atoms with Gasteiger partial charge in [-0.1, -0.05) is 82.4 Å². The van der Waals surface area contributed by atoms with E-state index in [4.69, 9.17) is 12.2 Å². The molecule has 2 aromatic carbocycles. The zero-order chi connectivity index (χ0) is 18.7. The summed E-state index contributed by atoms with van der Waals surface area (Å²) >= 11 is 9.80. The number of carboxylic acids is 1. The Morgan fingerprint density at radius 3 is 2.46 bits per heavy atom. The molecule has 1 aliphatic rings. The van der Waals surface area contributed by atoms with E-state index >= 15 is 0 Å². The summed E-state index contributed by atoms with van der Waals surface area (Å²) in [6, 6.07) is 15.7. The van der Waals surface area contributed by atoms with Crippen LogP contribution in [0.15, 0.2) is 64.0 Å². The molecule has 2 aromatic rings. The lowest BCUT2D eigenvalue weighted by Crippen LogP contribution is -2.45. The molecule has 1 aliphatic heterocycles. The molecule has 1 N–H and O–H groups in total. The second-order valence-electron chi connectivity index (χ2n) is 5.65. The number of nitrogens with zero attached hydrogens (tertiary/aromatic N) is 1. The van der Waals surface area contributed by atoms with Crippen molar-refractivity contribution < 1.29 is 14.7 Å².